The summed E-state index contributed by atoms with van der Waals surface area (Å²) in [6.45, 7) is 1.12. The van der Waals surface area contributed by atoms with Gasteiger partial charge in [-0.3, -0.25) is 9.59 Å². The Morgan fingerprint density at radius 3 is 2.36 bits per heavy atom. The molecule has 0 aromatic heterocycles. The second-order valence-electron chi connectivity index (χ2n) is 6.62. The average molecular weight is 308 g/mol. The summed E-state index contributed by atoms with van der Waals surface area (Å²) in [5.41, 5.74) is 0. The number of hydrogen-bond acceptors (Lipinski definition) is 4. The van der Waals surface area contributed by atoms with Crippen LogP contribution in [-0.2, 0) is 14.3 Å². The Morgan fingerprint density at radius 1 is 1.09 bits per heavy atom. The molecule has 3 fully saturated rings. The number of ether oxygens (including phenoxy) is 1. The van der Waals surface area contributed by atoms with Gasteiger partial charge in [-0.1, -0.05) is 25.7 Å². The lowest BCUT2D eigenvalue weighted by molar-refractivity contribution is -0.133. The van der Waals surface area contributed by atoms with E-state index in [4.69, 9.17) is 4.74 Å². The monoisotopic (exact) mass is 308 g/mol. The van der Waals surface area contributed by atoms with E-state index in [0.717, 1.165) is 12.3 Å². The van der Waals surface area contributed by atoms with Gasteiger partial charge in [-0.25, -0.2) is 9.69 Å². The largest absolute Gasteiger partial charge is 0.439 e. The van der Waals surface area contributed by atoms with Crippen molar-refractivity contribution < 1.29 is 19.1 Å². The van der Waals surface area contributed by atoms with E-state index in [1.54, 1.807) is 0 Å². The average Bonchev–Trinajstić information content (AvgIpc) is 3.15. The molecule has 22 heavy (non-hydrogen) atoms. The first-order valence-corrected chi connectivity index (χ1v) is 8.41. The molecule has 3 amide bonds. The van der Waals surface area contributed by atoms with Gasteiger partial charge in [0.15, 0.2) is 6.61 Å². The fraction of sp³-hybridized carbons (Fsp3) is 0.812. The Labute approximate surface area is 130 Å². The van der Waals surface area contributed by atoms with Crippen LogP contribution in [0.2, 0.25) is 0 Å². The van der Waals surface area contributed by atoms with Crippen molar-refractivity contribution in [1.82, 2.24) is 9.80 Å². The number of carbonyl (C=O) groups is 3. The molecule has 122 valence electrons. The van der Waals surface area contributed by atoms with E-state index in [0.29, 0.717) is 32.4 Å². The Morgan fingerprint density at radius 2 is 1.77 bits per heavy atom. The van der Waals surface area contributed by atoms with Gasteiger partial charge >= 0.3 is 6.09 Å². The normalized spacial score (nSPS) is 24.2. The molecule has 0 aromatic carbocycles. The molecule has 3 rings (SSSR count). The Kier molecular flexibility index (Phi) is 4.64. The van der Waals surface area contributed by atoms with Gasteiger partial charge < -0.3 is 9.64 Å². The van der Waals surface area contributed by atoms with Crippen molar-refractivity contribution in [2.24, 2.45) is 5.92 Å². The molecule has 2 aliphatic heterocycles. The zero-order chi connectivity index (χ0) is 15.5. The molecule has 6 nitrogen and oxygen atoms in total. The predicted octanol–water partition coefficient (Wildman–Crippen LogP) is 1.93. The number of rotatable bonds is 4. The first-order valence-electron chi connectivity index (χ1n) is 8.41. The van der Waals surface area contributed by atoms with Crippen LogP contribution in [0.4, 0.5) is 4.79 Å². The highest BCUT2D eigenvalue weighted by Gasteiger charge is 2.38. The molecule has 0 aromatic rings. The minimum atomic E-state index is -0.531. The zero-order valence-electron chi connectivity index (χ0n) is 13.0. The van der Waals surface area contributed by atoms with Crippen LogP contribution in [0.5, 0.6) is 0 Å². The van der Waals surface area contributed by atoms with Crippen molar-refractivity contribution in [3.63, 3.8) is 0 Å². The summed E-state index contributed by atoms with van der Waals surface area (Å²) in [6.07, 6.45) is 7.61. The third-order valence-corrected chi connectivity index (χ3v) is 5.21. The van der Waals surface area contributed by atoms with Crippen LogP contribution in [0.3, 0.4) is 0 Å². The lowest BCUT2D eigenvalue weighted by Crippen LogP contribution is -2.48. The lowest BCUT2D eigenvalue weighted by atomic mass is 9.99. The minimum Gasteiger partial charge on any atom is -0.439 e. The van der Waals surface area contributed by atoms with Crippen LogP contribution in [0, 0.1) is 5.92 Å². The zero-order valence-corrected chi connectivity index (χ0v) is 13.0. The molecule has 6 heteroatoms. The Hall–Kier alpha value is -1.59. The first kappa shape index (κ1) is 15.3. The number of hydrogen-bond donors (Lipinski definition) is 0. The molecule has 0 atom stereocenters. The van der Waals surface area contributed by atoms with E-state index in [-0.39, 0.29) is 24.5 Å². The van der Waals surface area contributed by atoms with Crippen molar-refractivity contribution in [2.45, 2.75) is 57.4 Å². The number of amides is 3. The molecule has 0 radical (unpaired) electrons. The summed E-state index contributed by atoms with van der Waals surface area (Å²) in [4.78, 5) is 38.6. The number of cyclic esters (lactones) is 1. The molecule has 2 heterocycles. The molecule has 0 bridgehead atoms. The van der Waals surface area contributed by atoms with Gasteiger partial charge in [-0.15, -0.1) is 0 Å². The molecule has 0 N–H and O–H groups in total. The topological polar surface area (TPSA) is 66.9 Å². The van der Waals surface area contributed by atoms with E-state index >= 15 is 0 Å². The summed E-state index contributed by atoms with van der Waals surface area (Å²) in [5.74, 6) is 0.704. The number of nitrogens with zero attached hydrogens (tertiary/aromatic N) is 2. The SMILES string of the molecule is O=C(CCC1CCCC1)N1CCC(N2C(=O)COC2=O)CC1. The molecule has 3 aliphatic rings. The van der Waals surface area contributed by atoms with Crippen LogP contribution in [-0.4, -0.2) is 53.4 Å². The summed E-state index contributed by atoms with van der Waals surface area (Å²) < 4.78 is 4.76. The van der Waals surface area contributed by atoms with Crippen LogP contribution in [0.1, 0.15) is 51.4 Å². The maximum Gasteiger partial charge on any atom is 0.417 e. The lowest BCUT2D eigenvalue weighted by Gasteiger charge is -2.34. The van der Waals surface area contributed by atoms with Gasteiger partial charge in [0.25, 0.3) is 5.91 Å². The third kappa shape index (κ3) is 3.25. The highest BCUT2D eigenvalue weighted by Crippen LogP contribution is 2.29. The molecule has 0 spiro atoms. The highest BCUT2D eigenvalue weighted by molar-refractivity contribution is 5.98. The van der Waals surface area contributed by atoms with E-state index < -0.39 is 6.09 Å². The summed E-state index contributed by atoms with van der Waals surface area (Å²) in [5, 5.41) is 0. The standard InChI is InChI=1S/C16H24N2O4/c19-14(6-5-12-3-1-2-4-12)17-9-7-13(8-10-17)18-15(20)11-22-16(18)21/h12-13H,1-11H2. The second-order valence-corrected chi connectivity index (χ2v) is 6.62. The Bertz CT molecular complexity index is 435. The van der Waals surface area contributed by atoms with Crippen LogP contribution >= 0.6 is 0 Å². The van der Waals surface area contributed by atoms with Crippen molar-refractivity contribution in [2.75, 3.05) is 19.7 Å². The van der Waals surface area contributed by atoms with Gasteiger partial charge in [0, 0.05) is 25.6 Å². The number of piperidine rings is 1. The van der Waals surface area contributed by atoms with Crippen molar-refractivity contribution in [3.05, 3.63) is 0 Å². The van der Waals surface area contributed by atoms with Crippen LogP contribution in [0.25, 0.3) is 0 Å². The van der Waals surface area contributed by atoms with Crippen LogP contribution in [0.15, 0.2) is 0 Å². The maximum atomic E-state index is 12.3. The van der Waals surface area contributed by atoms with Gasteiger partial charge in [0.05, 0.1) is 0 Å². The highest BCUT2D eigenvalue weighted by atomic mass is 16.6. The number of carbonyl (C=O) groups excluding carboxylic acids is 3. The van der Waals surface area contributed by atoms with E-state index in [1.165, 1.54) is 30.6 Å². The van der Waals surface area contributed by atoms with Gasteiger partial charge in [0.2, 0.25) is 5.91 Å². The molecule has 1 saturated carbocycles. The number of imide groups is 1. The second kappa shape index (κ2) is 6.67. The van der Waals surface area contributed by atoms with E-state index in [2.05, 4.69) is 0 Å². The molecule has 2 saturated heterocycles. The predicted molar refractivity (Wildman–Crippen MR) is 79.0 cm³/mol. The fourth-order valence-electron chi connectivity index (χ4n) is 3.88. The summed E-state index contributed by atoms with van der Waals surface area (Å²) in [7, 11) is 0. The molecular weight excluding hydrogens is 284 g/mol. The summed E-state index contributed by atoms with van der Waals surface area (Å²) >= 11 is 0. The third-order valence-electron chi connectivity index (χ3n) is 5.21. The van der Waals surface area contributed by atoms with Crippen molar-refractivity contribution in [3.8, 4) is 0 Å². The van der Waals surface area contributed by atoms with Crippen molar-refractivity contribution >= 4 is 17.9 Å². The fourth-order valence-corrected chi connectivity index (χ4v) is 3.88. The molecule has 1 aliphatic carbocycles. The van der Waals surface area contributed by atoms with Crippen molar-refractivity contribution in [1.29, 1.82) is 0 Å². The number of likely N-dealkylation sites (tertiary alicyclic amines) is 1. The quantitative estimate of drug-likeness (QED) is 0.796. The molecular formula is C16H24N2O4. The van der Waals surface area contributed by atoms with E-state index in [9.17, 15) is 14.4 Å². The van der Waals surface area contributed by atoms with Gasteiger partial charge in [-0.05, 0) is 25.2 Å². The maximum absolute atomic E-state index is 12.3. The molecule has 0 unspecified atom stereocenters. The van der Waals surface area contributed by atoms with E-state index in [1.807, 2.05) is 4.90 Å². The smallest absolute Gasteiger partial charge is 0.417 e. The van der Waals surface area contributed by atoms with Crippen LogP contribution < -0.4 is 0 Å². The summed E-state index contributed by atoms with van der Waals surface area (Å²) in [6, 6.07) is -0.110. The van der Waals surface area contributed by atoms with Gasteiger partial charge in [-0.2, -0.15) is 0 Å². The Balaban J connectivity index is 1.43. The first-order chi connectivity index (χ1) is 10.6. The van der Waals surface area contributed by atoms with Gasteiger partial charge in [0.1, 0.15) is 0 Å². The minimum absolute atomic E-state index is 0.110.